The van der Waals surface area contributed by atoms with E-state index in [2.05, 4.69) is 55.3 Å². The zero-order valence-electron chi connectivity index (χ0n) is 12.7. The zero-order chi connectivity index (χ0) is 13.9. The quantitative estimate of drug-likeness (QED) is 0.796. The summed E-state index contributed by atoms with van der Waals surface area (Å²) in [6.07, 6.45) is 6.54. The summed E-state index contributed by atoms with van der Waals surface area (Å²) in [5.41, 5.74) is 2.64. The summed E-state index contributed by atoms with van der Waals surface area (Å²) < 4.78 is 0. The number of benzene rings is 1. The highest BCUT2D eigenvalue weighted by Gasteiger charge is 2.36. The Hall–Kier alpha value is -1.26. The SMILES string of the molecule is CC[C@H]1N[C@@H](C)[C@@H]1c1ccc(C#CC2CCCC2)cc1. The second-order valence-electron chi connectivity index (χ2n) is 6.37. The highest BCUT2D eigenvalue weighted by atomic mass is 15.0. The molecule has 0 radical (unpaired) electrons. The third-order valence-corrected chi connectivity index (χ3v) is 4.96. The first kappa shape index (κ1) is 13.7. The molecule has 3 atom stereocenters. The summed E-state index contributed by atoms with van der Waals surface area (Å²) in [4.78, 5) is 0. The minimum absolute atomic E-state index is 0.607. The largest absolute Gasteiger partial charge is 0.310 e. The number of hydrogen-bond acceptors (Lipinski definition) is 1. The molecule has 1 saturated carbocycles. The molecule has 1 aromatic rings. The molecule has 1 heterocycles. The van der Waals surface area contributed by atoms with E-state index in [1.165, 1.54) is 43.2 Å². The van der Waals surface area contributed by atoms with Crippen molar-refractivity contribution in [3.63, 3.8) is 0 Å². The topological polar surface area (TPSA) is 12.0 Å². The molecule has 0 unspecified atom stereocenters. The average Bonchev–Trinajstić information content (AvgIpc) is 2.97. The monoisotopic (exact) mass is 267 g/mol. The molecule has 1 nitrogen and oxygen atoms in total. The molecule has 1 N–H and O–H groups in total. The van der Waals surface area contributed by atoms with E-state index in [0.29, 0.717) is 23.9 Å². The molecule has 0 amide bonds. The Bertz CT molecular complexity index is 499. The third kappa shape index (κ3) is 2.76. The first-order valence-electron chi connectivity index (χ1n) is 8.15. The fraction of sp³-hybridized carbons (Fsp3) is 0.579. The summed E-state index contributed by atoms with van der Waals surface area (Å²) >= 11 is 0. The maximum absolute atomic E-state index is 3.59. The highest BCUT2D eigenvalue weighted by molar-refractivity contribution is 5.39. The predicted octanol–water partition coefficient (Wildman–Crippen LogP) is 4.08. The molecule has 1 saturated heterocycles. The molecule has 0 spiro atoms. The molecular weight excluding hydrogens is 242 g/mol. The fourth-order valence-electron chi connectivity index (χ4n) is 3.71. The van der Waals surface area contributed by atoms with Gasteiger partial charge in [0.05, 0.1) is 0 Å². The molecule has 2 fully saturated rings. The van der Waals surface area contributed by atoms with Gasteiger partial charge in [0, 0.05) is 29.5 Å². The minimum Gasteiger partial charge on any atom is -0.310 e. The van der Waals surface area contributed by atoms with Crippen molar-refractivity contribution in [2.24, 2.45) is 5.92 Å². The first-order valence-corrected chi connectivity index (χ1v) is 8.15. The summed E-state index contributed by atoms with van der Waals surface area (Å²) in [5, 5.41) is 3.59. The Kier molecular flexibility index (Phi) is 4.13. The van der Waals surface area contributed by atoms with E-state index in [0.717, 1.165) is 0 Å². The van der Waals surface area contributed by atoms with Crippen LogP contribution in [0, 0.1) is 17.8 Å². The molecule has 1 aromatic carbocycles. The maximum Gasteiger partial charge on any atom is 0.0245 e. The Labute approximate surface area is 123 Å². The standard InChI is InChI=1S/C19H25N/c1-3-18-19(14(2)20-18)17-12-10-16(11-13-17)9-8-15-6-4-5-7-15/h10-15,18-20H,3-7H2,1-2H3/t14-,18+,19+/m0/s1. The van der Waals surface area contributed by atoms with Gasteiger partial charge in [-0.25, -0.2) is 0 Å². The lowest BCUT2D eigenvalue weighted by Gasteiger charge is -2.44. The molecule has 1 aliphatic carbocycles. The van der Waals surface area contributed by atoms with Gasteiger partial charge in [-0.3, -0.25) is 0 Å². The number of nitrogens with one attached hydrogen (secondary N) is 1. The van der Waals surface area contributed by atoms with Crippen LogP contribution in [-0.2, 0) is 0 Å². The van der Waals surface area contributed by atoms with E-state index in [1.54, 1.807) is 0 Å². The van der Waals surface area contributed by atoms with Gasteiger partial charge in [0.15, 0.2) is 0 Å². The van der Waals surface area contributed by atoms with Gasteiger partial charge in [-0.2, -0.15) is 0 Å². The van der Waals surface area contributed by atoms with Crippen LogP contribution in [0.25, 0.3) is 0 Å². The van der Waals surface area contributed by atoms with Crippen molar-refractivity contribution in [1.82, 2.24) is 5.32 Å². The summed E-state index contributed by atoms with van der Waals surface area (Å²) in [6, 6.07) is 10.2. The van der Waals surface area contributed by atoms with E-state index in [1.807, 2.05) is 0 Å². The predicted molar refractivity (Wildman–Crippen MR) is 84.7 cm³/mol. The van der Waals surface area contributed by atoms with Crippen LogP contribution < -0.4 is 5.32 Å². The van der Waals surface area contributed by atoms with E-state index in [9.17, 15) is 0 Å². The smallest absolute Gasteiger partial charge is 0.0245 e. The van der Waals surface area contributed by atoms with Gasteiger partial charge in [0.1, 0.15) is 0 Å². The molecule has 3 rings (SSSR count). The van der Waals surface area contributed by atoms with Crippen molar-refractivity contribution in [2.75, 3.05) is 0 Å². The first-order chi connectivity index (χ1) is 9.78. The minimum atomic E-state index is 0.607. The summed E-state index contributed by atoms with van der Waals surface area (Å²) in [5.74, 6) is 8.13. The second-order valence-corrected chi connectivity index (χ2v) is 6.37. The van der Waals surface area contributed by atoms with Crippen molar-refractivity contribution in [1.29, 1.82) is 0 Å². The van der Waals surface area contributed by atoms with Crippen molar-refractivity contribution in [2.45, 2.75) is 64.0 Å². The number of rotatable bonds is 2. The molecule has 106 valence electrons. The van der Waals surface area contributed by atoms with Crippen molar-refractivity contribution >= 4 is 0 Å². The molecule has 0 aromatic heterocycles. The zero-order valence-corrected chi connectivity index (χ0v) is 12.7. The van der Waals surface area contributed by atoms with E-state index < -0.39 is 0 Å². The normalized spacial score (nSPS) is 29.6. The third-order valence-electron chi connectivity index (χ3n) is 4.96. The van der Waals surface area contributed by atoms with E-state index >= 15 is 0 Å². The van der Waals surface area contributed by atoms with Gasteiger partial charge < -0.3 is 5.32 Å². The lowest BCUT2D eigenvalue weighted by molar-refractivity contribution is 0.221. The molecule has 2 aliphatic rings. The molecule has 0 bridgehead atoms. The Morgan fingerprint density at radius 1 is 1.15 bits per heavy atom. The molecule has 1 aliphatic heterocycles. The molecule has 20 heavy (non-hydrogen) atoms. The van der Waals surface area contributed by atoms with Crippen LogP contribution in [0.2, 0.25) is 0 Å². The van der Waals surface area contributed by atoms with Crippen LogP contribution in [0.3, 0.4) is 0 Å². The second kappa shape index (κ2) is 6.02. The maximum atomic E-state index is 3.59. The van der Waals surface area contributed by atoms with E-state index in [4.69, 9.17) is 0 Å². The van der Waals surface area contributed by atoms with Crippen molar-refractivity contribution < 1.29 is 0 Å². The Balaban J connectivity index is 1.68. The van der Waals surface area contributed by atoms with Gasteiger partial charge in [-0.15, -0.1) is 0 Å². The van der Waals surface area contributed by atoms with Crippen LogP contribution >= 0.6 is 0 Å². The van der Waals surface area contributed by atoms with Crippen LogP contribution in [0.1, 0.15) is 63.0 Å². The fourth-order valence-corrected chi connectivity index (χ4v) is 3.71. The highest BCUT2D eigenvalue weighted by Crippen LogP contribution is 2.33. The van der Waals surface area contributed by atoms with Crippen LogP contribution in [0.4, 0.5) is 0 Å². The van der Waals surface area contributed by atoms with Gasteiger partial charge in [0.25, 0.3) is 0 Å². The Morgan fingerprint density at radius 2 is 1.85 bits per heavy atom. The van der Waals surface area contributed by atoms with Crippen molar-refractivity contribution in [3.8, 4) is 11.8 Å². The molecular formula is C19H25N. The van der Waals surface area contributed by atoms with Crippen LogP contribution in [0.15, 0.2) is 24.3 Å². The summed E-state index contributed by atoms with van der Waals surface area (Å²) in [6.45, 7) is 4.54. The average molecular weight is 267 g/mol. The van der Waals surface area contributed by atoms with Crippen LogP contribution in [-0.4, -0.2) is 12.1 Å². The summed E-state index contributed by atoms with van der Waals surface area (Å²) in [7, 11) is 0. The van der Waals surface area contributed by atoms with Gasteiger partial charge in [-0.1, -0.05) is 43.7 Å². The van der Waals surface area contributed by atoms with Gasteiger partial charge >= 0.3 is 0 Å². The molecule has 1 heteroatoms. The Morgan fingerprint density at radius 3 is 2.45 bits per heavy atom. The van der Waals surface area contributed by atoms with E-state index in [-0.39, 0.29) is 0 Å². The van der Waals surface area contributed by atoms with Gasteiger partial charge in [-0.05, 0) is 43.9 Å². The van der Waals surface area contributed by atoms with Crippen LogP contribution in [0.5, 0.6) is 0 Å². The lowest BCUT2D eigenvalue weighted by Crippen LogP contribution is -2.57. The van der Waals surface area contributed by atoms with Gasteiger partial charge in [0.2, 0.25) is 0 Å². The van der Waals surface area contributed by atoms with Crippen molar-refractivity contribution in [3.05, 3.63) is 35.4 Å². The lowest BCUT2D eigenvalue weighted by atomic mass is 9.77. The number of hydrogen-bond donors (Lipinski definition) is 1.